The molecule has 0 spiro atoms. The molecule has 0 atom stereocenters. The second-order valence-electron chi connectivity index (χ2n) is 5.44. The molecule has 1 fully saturated rings. The van der Waals surface area contributed by atoms with Gasteiger partial charge in [0.15, 0.2) is 0 Å². The fourth-order valence-corrected chi connectivity index (χ4v) is 2.15. The van der Waals surface area contributed by atoms with Gasteiger partial charge in [0.1, 0.15) is 5.82 Å². The van der Waals surface area contributed by atoms with Gasteiger partial charge in [-0.2, -0.15) is 0 Å². The molecule has 0 aliphatic heterocycles. The number of hydrogen-bond acceptors (Lipinski definition) is 2. The molecule has 2 amide bonds. The maximum Gasteiger partial charge on any atom is 0.221 e. The average Bonchev–Trinajstić information content (AvgIpc) is 3.24. The Morgan fingerprint density at radius 2 is 2.00 bits per heavy atom. The Hall–Kier alpha value is -1.91. The number of nitrogens with zero attached hydrogens (tertiary/aromatic N) is 1. The van der Waals surface area contributed by atoms with Crippen molar-refractivity contribution in [1.29, 1.82) is 0 Å². The van der Waals surface area contributed by atoms with E-state index in [9.17, 15) is 14.0 Å². The molecule has 114 valence electrons. The number of benzene rings is 1. The van der Waals surface area contributed by atoms with Gasteiger partial charge in [-0.15, -0.1) is 0 Å². The Balaban J connectivity index is 1.79. The van der Waals surface area contributed by atoms with Gasteiger partial charge >= 0.3 is 0 Å². The summed E-state index contributed by atoms with van der Waals surface area (Å²) in [6, 6.07) is 6.88. The lowest BCUT2D eigenvalue weighted by Gasteiger charge is -2.21. The summed E-state index contributed by atoms with van der Waals surface area (Å²) in [7, 11) is 0. The molecule has 0 saturated heterocycles. The van der Waals surface area contributed by atoms with Crippen LogP contribution in [0, 0.1) is 5.82 Å². The molecule has 0 unspecified atom stereocenters. The number of hydrogen-bond donors (Lipinski definition) is 1. The van der Waals surface area contributed by atoms with Crippen molar-refractivity contribution in [3.63, 3.8) is 0 Å². The number of rotatable bonds is 7. The molecule has 1 saturated carbocycles. The lowest BCUT2D eigenvalue weighted by atomic mass is 10.1. The molecule has 0 aromatic heterocycles. The van der Waals surface area contributed by atoms with Crippen LogP contribution in [0.1, 0.15) is 31.7 Å². The molecule has 1 aliphatic rings. The zero-order valence-corrected chi connectivity index (χ0v) is 12.3. The van der Waals surface area contributed by atoms with Crippen LogP contribution in [-0.4, -0.2) is 35.8 Å². The highest BCUT2D eigenvalue weighted by atomic mass is 19.1. The molecule has 1 N–H and O–H groups in total. The summed E-state index contributed by atoms with van der Waals surface area (Å²) >= 11 is 0. The van der Waals surface area contributed by atoms with E-state index in [-0.39, 0.29) is 17.6 Å². The topological polar surface area (TPSA) is 49.4 Å². The molecule has 21 heavy (non-hydrogen) atoms. The maximum atomic E-state index is 13.5. The minimum Gasteiger partial charge on any atom is -0.353 e. The van der Waals surface area contributed by atoms with Crippen LogP contribution in [0.25, 0.3) is 0 Å². The first-order valence-electron chi connectivity index (χ1n) is 7.34. The van der Waals surface area contributed by atoms with Gasteiger partial charge in [-0.25, -0.2) is 4.39 Å². The van der Waals surface area contributed by atoms with E-state index in [0.29, 0.717) is 37.5 Å². The molecule has 0 bridgehead atoms. The Bertz CT molecular complexity index is 515. The zero-order chi connectivity index (χ0) is 15.2. The van der Waals surface area contributed by atoms with Crippen molar-refractivity contribution in [3.8, 4) is 0 Å². The number of carbonyl (C=O) groups is 2. The van der Waals surface area contributed by atoms with E-state index in [4.69, 9.17) is 0 Å². The highest BCUT2D eigenvalue weighted by Gasteiger charge is 2.23. The summed E-state index contributed by atoms with van der Waals surface area (Å²) < 4.78 is 13.5. The monoisotopic (exact) mass is 292 g/mol. The van der Waals surface area contributed by atoms with Crippen LogP contribution in [0.4, 0.5) is 4.39 Å². The highest BCUT2D eigenvalue weighted by molar-refractivity contribution is 5.78. The molecular formula is C16H21FN2O2. The standard InChI is InChI=1S/C16H21FN2O2/c1-12(20)19(11-9-16(21)18-14-6-7-14)10-8-13-4-2-3-5-15(13)17/h2-5,14H,6-11H2,1H3,(H,18,21). The predicted octanol–water partition coefficient (Wildman–Crippen LogP) is 1.89. The fraction of sp³-hybridized carbons (Fsp3) is 0.500. The van der Waals surface area contributed by atoms with Gasteiger partial charge in [0, 0.05) is 32.5 Å². The quantitative estimate of drug-likeness (QED) is 0.834. The van der Waals surface area contributed by atoms with Crippen LogP contribution in [0.3, 0.4) is 0 Å². The summed E-state index contributed by atoms with van der Waals surface area (Å²) in [6.07, 6.45) is 2.86. The van der Waals surface area contributed by atoms with Crippen molar-refractivity contribution < 1.29 is 14.0 Å². The number of amides is 2. The van der Waals surface area contributed by atoms with Gasteiger partial charge in [-0.05, 0) is 30.9 Å². The van der Waals surface area contributed by atoms with Crippen LogP contribution < -0.4 is 5.32 Å². The molecule has 1 aromatic carbocycles. The number of carbonyl (C=O) groups excluding carboxylic acids is 2. The van der Waals surface area contributed by atoms with Crippen molar-refractivity contribution in [2.45, 2.75) is 38.6 Å². The first-order valence-corrected chi connectivity index (χ1v) is 7.34. The smallest absolute Gasteiger partial charge is 0.221 e. The van der Waals surface area contributed by atoms with Gasteiger partial charge in [0.05, 0.1) is 0 Å². The van der Waals surface area contributed by atoms with E-state index in [1.807, 2.05) is 0 Å². The Kier molecular flexibility index (Phi) is 5.31. The molecule has 4 nitrogen and oxygen atoms in total. The Labute approximate surface area is 124 Å². The van der Waals surface area contributed by atoms with Crippen molar-refractivity contribution in [2.75, 3.05) is 13.1 Å². The number of halogens is 1. The molecule has 0 radical (unpaired) electrons. The molecule has 1 aromatic rings. The summed E-state index contributed by atoms with van der Waals surface area (Å²) in [5.41, 5.74) is 0.589. The van der Waals surface area contributed by atoms with E-state index in [0.717, 1.165) is 12.8 Å². The summed E-state index contributed by atoms with van der Waals surface area (Å²) in [5, 5.41) is 2.89. The second kappa shape index (κ2) is 7.20. The van der Waals surface area contributed by atoms with Gasteiger partial charge in [-0.3, -0.25) is 9.59 Å². The maximum absolute atomic E-state index is 13.5. The van der Waals surface area contributed by atoms with Gasteiger partial charge in [-0.1, -0.05) is 18.2 Å². The molecule has 5 heteroatoms. The first-order chi connectivity index (χ1) is 10.1. The Morgan fingerprint density at radius 1 is 1.29 bits per heavy atom. The fourth-order valence-electron chi connectivity index (χ4n) is 2.15. The molecular weight excluding hydrogens is 271 g/mol. The average molecular weight is 292 g/mol. The minimum absolute atomic E-state index is 0.0189. The summed E-state index contributed by atoms with van der Waals surface area (Å²) in [6.45, 7) is 2.27. The third-order valence-corrected chi connectivity index (χ3v) is 3.61. The van der Waals surface area contributed by atoms with Crippen molar-refractivity contribution in [2.24, 2.45) is 0 Å². The predicted molar refractivity (Wildman–Crippen MR) is 78.1 cm³/mol. The molecule has 1 aliphatic carbocycles. The van der Waals surface area contributed by atoms with E-state index >= 15 is 0 Å². The van der Waals surface area contributed by atoms with E-state index in [2.05, 4.69) is 5.32 Å². The zero-order valence-electron chi connectivity index (χ0n) is 12.3. The third kappa shape index (κ3) is 5.17. The largest absolute Gasteiger partial charge is 0.353 e. The summed E-state index contributed by atoms with van der Waals surface area (Å²) in [5.74, 6) is -0.368. The van der Waals surface area contributed by atoms with E-state index < -0.39 is 0 Å². The van der Waals surface area contributed by atoms with Crippen molar-refractivity contribution in [1.82, 2.24) is 10.2 Å². The molecule has 2 rings (SSSR count). The summed E-state index contributed by atoms with van der Waals surface area (Å²) in [4.78, 5) is 24.8. The lowest BCUT2D eigenvalue weighted by Crippen LogP contribution is -2.35. The van der Waals surface area contributed by atoms with Crippen LogP contribution in [-0.2, 0) is 16.0 Å². The van der Waals surface area contributed by atoms with E-state index in [1.54, 1.807) is 23.1 Å². The first kappa shape index (κ1) is 15.5. The van der Waals surface area contributed by atoms with Crippen LogP contribution >= 0.6 is 0 Å². The van der Waals surface area contributed by atoms with E-state index in [1.165, 1.54) is 13.0 Å². The van der Waals surface area contributed by atoms with Gasteiger partial charge < -0.3 is 10.2 Å². The van der Waals surface area contributed by atoms with Crippen molar-refractivity contribution in [3.05, 3.63) is 35.6 Å². The van der Waals surface area contributed by atoms with Gasteiger partial charge in [0.2, 0.25) is 11.8 Å². The highest BCUT2D eigenvalue weighted by Crippen LogP contribution is 2.18. The Morgan fingerprint density at radius 3 is 2.62 bits per heavy atom. The van der Waals surface area contributed by atoms with Crippen LogP contribution in [0.5, 0.6) is 0 Å². The van der Waals surface area contributed by atoms with Crippen LogP contribution in [0.2, 0.25) is 0 Å². The second-order valence-corrected chi connectivity index (χ2v) is 5.44. The minimum atomic E-state index is -0.257. The number of nitrogens with one attached hydrogen (secondary N) is 1. The SMILES string of the molecule is CC(=O)N(CCC(=O)NC1CC1)CCc1ccccc1F. The third-order valence-electron chi connectivity index (χ3n) is 3.61. The van der Waals surface area contributed by atoms with Gasteiger partial charge in [0.25, 0.3) is 0 Å². The molecule has 0 heterocycles. The van der Waals surface area contributed by atoms with Crippen LogP contribution in [0.15, 0.2) is 24.3 Å². The lowest BCUT2D eigenvalue weighted by molar-refractivity contribution is -0.129. The van der Waals surface area contributed by atoms with Crippen molar-refractivity contribution >= 4 is 11.8 Å². The normalized spacial score (nSPS) is 13.8.